The lowest BCUT2D eigenvalue weighted by atomic mass is 9.82. The highest BCUT2D eigenvalue weighted by Crippen LogP contribution is 2.48. The Morgan fingerprint density at radius 2 is 1.33 bits per heavy atom. The second-order valence-electron chi connectivity index (χ2n) is 12.4. The van der Waals surface area contributed by atoms with Crippen molar-refractivity contribution >= 4 is 50.2 Å². The van der Waals surface area contributed by atoms with Gasteiger partial charge in [0.25, 0.3) is 0 Å². The fourth-order valence-corrected chi connectivity index (χ4v) is 7.15. The van der Waals surface area contributed by atoms with Gasteiger partial charge in [0, 0.05) is 29.2 Å². The lowest BCUT2D eigenvalue weighted by Crippen LogP contribution is -2.21. The molecule has 2 aliphatic rings. The second-order valence-corrected chi connectivity index (χ2v) is 12.4. The first-order valence-corrected chi connectivity index (χ1v) is 15.9. The van der Waals surface area contributed by atoms with E-state index < -0.39 is 0 Å². The van der Waals surface area contributed by atoms with Crippen LogP contribution in [0, 0.1) is 20.8 Å². The summed E-state index contributed by atoms with van der Waals surface area (Å²) >= 11 is 0. The summed E-state index contributed by atoms with van der Waals surface area (Å²) in [6, 6.07) is 30.9. The summed E-state index contributed by atoms with van der Waals surface area (Å²) in [5.41, 5.74) is 11.3. The maximum atomic E-state index is 4.94. The number of nitrogens with zero attached hydrogens (tertiary/aromatic N) is 4. The highest BCUT2D eigenvalue weighted by Gasteiger charge is 2.27. The molecule has 2 aliphatic carbocycles. The largest absolute Gasteiger partial charge is 0.299 e. The summed E-state index contributed by atoms with van der Waals surface area (Å²) in [6.45, 7) is 6.46. The maximum Gasteiger partial charge on any atom is 0.137 e. The average molecular weight is 585 g/mol. The van der Waals surface area contributed by atoms with Crippen molar-refractivity contribution in [3.8, 4) is 0 Å². The molecule has 6 aromatic rings. The summed E-state index contributed by atoms with van der Waals surface area (Å²) in [5.74, 6) is 1.89. The molecule has 2 aromatic heterocycles. The minimum atomic E-state index is 0.917. The van der Waals surface area contributed by atoms with Crippen LogP contribution < -0.4 is 9.80 Å². The normalized spacial score (nSPS) is 13.8. The van der Waals surface area contributed by atoms with Gasteiger partial charge in [-0.1, -0.05) is 60.7 Å². The first-order chi connectivity index (χ1) is 22.1. The number of para-hydroxylation sites is 1. The molecule has 0 aliphatic heterocycles. The van der Waals surface area contributed by atoms with E-state index in [1.807, 2.05) is 12.4 Å². The van der Waals surface area contributed by atoms with Crippen LogP contribution in [0.4, 0.5) is 28.7 Å². The van der Waals surface area contributed by atoms with Gasteiger partial charge in [0.1, 0.15) is 11.6 Å². The number of hydrogen-bond acceptors (Lipinski definition) is 4. The molecule has 0 unspecified atom stereocenters. The van der Waals surface area contributed by atoms with E-state index in [0.717, 1.165) is 54.3 Å². The van der Waals surface area contributed by atoms with Gasteiger partial charge in [0.05, 0.1) is 11.4 Å². The zero-order valence-electron chi connectivity index (χ0n) is 26.1. The van der Waals surface area contributed by atoms with Crippen molar-refractivity contribution in [2.75, 3.05) is 9.80 Å². The quantitative estimate of drug-likeness (QED) is 0.182. The molecule has 4 heteroatoms. The van der Waals surface area contributed by atoms with Crippen molar-refractivity contribution < 1.29 is 0 Å². The zero-order chi connectivity index (χ0) is 30.5. The van der Waals surface area contributed by atoms with Gasteiger partial charge in [0.2, 0.25) is 0 Å². The van der Waals surface area contributed by atoms with E-state index in [1.165, 1.54) is 55.2 Å². The number of aromatic nitrogens is 2. The van der Waals surface area contributed by atoms with Gasteiger partial charge >= 0.3 is 0 Å². The summed E-state index contributed by atoms with van der Waals surface area (Å²) in [7, 11) is 0. The van der Waals surface area contributed by atoms with Gasteiger partial charge in [-0.2, -0.15) is 0 Å². The van der Waals surface area contributed by atoms with Crippen LogP contribution in [0.1, 0.15) is 40.7 Å². The number of pyridine rings is 2. The lowest BCUT2D eigenvalue weighted by Gasteiger charge is -2.33. The molecule has 0 bridgehead atoms. The monoisotopic (exact) mass is 584 g/mol. The summed E-state index contributed by atoms with van der Waals surface area (Å²) in [4.78, 5) is 14.6. The number of benzene rings is 4. The fourth-order valence-electron chi connectivity index (χ4n) is 7.15. The number of aryl methyl sites for hydroxylation is 5. The van der Waals surface area contributed by atoms with Crippen LogP contribution in [0.15, 0.2) is 121 Å². The van der Waals surface area contributed by atoms with E-state index in [1.54, 1.807) is 0 Å². The van der Waals surface area contributed by atoms with Gasteiger partial charge in [0.15, 0.2) is 0 Å². The van der Waals surface area contributed by atoms with E-state index >= 15 is 0 Å². The molecule has 4 aromatic carbocycles. The molecule has 45 heavy (non-hydrogen) atoms. The minimum Gasteiger partial charge on any atom is -0.299 e. The smallest absolute Gasteiger partial charge is 0.137 e. The van der Waals surface area contributed by atoms with Crippen molar-refractivity contribution in [2.45, 2.75) is 46.5 Å². The third-order valence-electron chi connectivity index (χ3n) is 9.33. The van der Waals surface area contributed by atoms with E-state index in [-0.39, 0.29) is 0 Å². The van der Waals surface area contributed by atoms with Gasteiger partial charge < -0.3 is 0 Å². The Hall–Kier alpha value is -5.22. The molecule has 0 saturated heterocycles. The van der Waals surface area contributed by atoms with E-state index in [9.17, 15) is 0 Å². The standard InChI is InChI=1S/C41H36N4/c1-27-14-22-38(42-25-27)44(31-10-6-4-7-11-31)36-21-17-30-16-18-35-37(24-29(3)33-19-20-34(36)40(30)41(33)35)45(32-12-8-5-9-13-32)39-23-15-28(2)26-43-39/h4-6,8-10,12-18,21-26H,7,11,19-20H2,1-3H3. The molecule has 0 N–H and O–H groups in total. The topological polar surface area (TPSA) is 32.3 Å². The Morgan fingerprint density at radius 3 is 2.02 bits per heavy atom. The first-order valence-electron chi connectivity index (χ1n) is 15.9. The Morgan fingerprint density at radius 1 is 0.622 bits per heavy atom. The van der Waals surface area contributed by atoms with Crippen LogP contribution in [0.5, 0.6) is 0 Å². The molecule has 2 heterocycles. The SMILES string of the molecule is Cc1ccc(N(C2=CC=CCC2)c2ccc3ccc4c(N(c5ccccc5)c5ccc(C)cn5)cc(C)c5c4c3c2CC5)nc1. The Labute approximate surface area is 265 Å². The Bertz CT molecular complexity index is 2120. The molecule has 0 fully saturated rings. The molecule has 0 spiro atoms. The van der Waals surface area contributed by atoms with E-state index in [4.69, 9.17) is 9.97 Å². The molecule has 220 valence electrons. The van der Waals surface area contributed by atoms with Crippen LogP contribution in [-0.2, 0) is 12.8 Å². The highest BCUT2D eigenvalue weighted by atomic mass is 15.2. The van der Waals surface area contributed by atoms with Gasteiger partial charge in [-0.25, -0.2) is 9.97 Å². The fraction of sp³-hybridized carbons (Fsp3) is 0.171. The van der Waals surface area contributed by atoms with Crippen LogP contribution in [0.2, 0.25) is 0 Å². The molecule has 0 radical (unpaired) electrons. The number of allylic oxidation sites excluding steroid dienone is 4. The van der Waals surface area contributed by atoms with Crippen LogP contribution >= 0.6 is 0 Å². The molecular weight excluding hydrogens is 548 g/mol. The highest BCUT2D eigenvalue weighted by molar-refractivity contribution is 6.17. The van der Waals surface area contributed by atoms with Crippen molar-refractivity contribution in [3.05, 3.63) is 149 Å². The molecule has 8 rings (SSSR count). The number of hydrogen-bond donors (Lipinski definition) is 0. The van der Waals surface area contributed by atoms with Crippen molar-refractivity contribution in [2.24, 2.45) is 0 Å². The maximum absolute atomic E-state index is 4.94. The van der Waals surface area contributed by atoms with Crippen LogP contribution in [0.3, 0.4) is 0 Å². The van der Waals surface area contributed by atoms with E-state index in [0.29, 0.717) is 0 Å². The lowest BCUT2D eigenvalue weighted by molar-refractivity contribution is 0.893. The Balaban J connectivity index is 1.41. The average Bonchev–Trinajstić information content (AvgIpc) is 3.08. The van der Waals surface area contributed by atoms with Gasteiger partial charge in [-0.15, -0.1) is 0 Å². The predicted octanol–water partition coefficient (Wildman–Crippen LogP) is 10.6. The van der Waals surface area contributed by atoms with Crippen LogP contribution in [-0.4, -0.2) is 9.97 Å². The zero-order valence-corrected chi connectivity index (χ0v) is 26.1. The third kappa shape index (κ3) is 4.69. The van der Waals surface area contributed by atoms with Crippen molar-refractivity contribution in [1.29, 1.82) is 0 Å². The first kappa shape index (κ1) is 27.3. The number of anilines is 5. The van der Waals surface area contributed by atoms with Crippen molar-refractivity contribution in [1.82, 2.24) is 9.97 Å². The summed E-state index contributed by atoms with van der Waals surface area (Å²) < 4.78 is 0. The molecule has 0 atom stereocenters. The number of rotatable bonds is 6. The summed E-state index contributed by atoms with van der Waals surface area (Å²) in [5, 5.41) is 5.28. The molecule has 4 nitrogen and oxygen atoms in total. The van der Waals surface area contributed by atoms with Gasteiger partial charge in [-0.05, 0) is 133 Å². The Kier molecular flexibility index (Phi) is 6.71. The van der Waals surface area contributed by atoms with E-state index in [2.05, 4.69) is 134 Å². The second kappa shape index (κ2) is 11.0. The molecule has 0 saturated carbocycles. The molecule has 0 amide bonds. The third-order valence-corrected chi connectivity index (χ3v) is 9.33. The molecular formula is C41H36N4. The van der Waals surface area contributed by atoms with Gasteiger partial charge in [-0.3, -0.25) is 9.80 Å². The van der Waals surface area contributed by atoms with Crippen molar-refractivity contribution in [3.63, 3.8) is 0 Å². The predicted molar refractivity (Wildman–Crippen MR) is 188 cm³/mol. The summed E-state index contributed by atoms with van der Waals surface area (Å²) in [6.07, 6.45) is 14.7. The van der Waals surface area contributed by atoms with Crippen LogP contribution in [0.25, 0.3) is 21.5 Å². The minimum absolute atomic E-state index is 0.917.